The van der Waals surface area contributed by atoms with E-state index in [1.165, 1.54) is 10.8 Å². The highest BCUT2D eigenvalue weighted by atomic mass is 16.6. The van der Waals surface area contributed by atoms with E-state index in [1.54, 1.807) is 33.0 Å². The number of aromatic nitrogens is 2. The van der Waals surface area contributed by atoms with Crippen molar-refractivity contribution in [3.8, 4) is 0 Å². The number of aryl methyl sites for hydroxylation is 1. The van der Waals surface area contributed by atoms with Gasteiger partial charge in [-0.1, -0.05) is 0 Å². The number of nitrogens with one attached hydrogen (secondary N) is 1. The van der Waals surface area contributed by atoms with E-state index >= 15 is 0 Å². The van der Waals surface area contributed by atoms with Crippen LogP contribution in [0.1, 0.15) is 43.1 Å². The van der Waals surface area contributed by atoms with Crippen LogP contribution in [-0.4, -0.2) is 57.6 Å². The van der Waals surface area contributed by atoms with E-state index in [2.05, 4.69) is 10.3 Å². The molecule has 0 radical (unpaired) electrons. The molecule has 146 valence electrons. The summed E-state index contributed by atoms with van der Waals surface area (Å²) in [6, 6.07) is 1.36. The quantitative estimate of drug-likeness (QED) is 0.832. The maximum Gasteiger partial charge on any atom is 0.419 e. The molecule has 2 aromatic rings. The second-order valence-corrected chi connectivity index (χ2v) is 7.73. The second kappa shape index (κ2) is 7.28. The van der Waals surface area contributed by atoms with Crippen LogP contribution < -0.4 is 5.32 Å². The first-order valence-electron chi connectivity index (χ1n) is 8.94. The van der Waals surface area contributed by atoms with Gasteiger partial charge in [-0.05, 0) is 45.7 Å². The van der Waals surface area contributed by atoms with Crippen molar-refractivity contribution in [1.29, 1.82) is 0 Å². The Kier molecular flexibility index (Phi) is 5.21. The van der Waals surface area contributed by atoms with Crippen LogP contribution in [0.2, 0.25) is 0 Å². The molecule has 0 aromatic carbocycles. The van der Waals surface area contributed by atoms with Gasteiger partial charge in [-0.25, -0.2) is 9.36 Å². The van der Waals surface area contributed by atoms with E-state index in [-0.39, 0.29) is 12.2 Å². The number of hydrogen-bond acceptors (Lipinski definition) is 6. The van der Waals surface area contributed by atoms with E-state index in [4.69, 9.17) is 9.47 Å². The number of carbonyl (C=O) groups is 2. The smallest absolute Gasteiger partial charge is 0.419 e. The summed E-state index contributed by atoms with van der Waals surface area (Å²) in [6.07, 6.45) is 2.21. The largest absolute Gasteiger partial charge is 0.443 e. The molecule has 0 saturated carbocycles. The van der Waals surface area contributed by atoms with Crippen LogP contribution >= 0.6 is 0 Å². The van der Waals surface area contributed by atoms with E-state index in [9.17, 15) is 14.7 Å². The van der Waals surface area contributed by atoms with Gasteiger partial charge >= 0.3 is 6.09 Å². The third-order valence-corrected chi connectivity index (χ3v) is 4.36. The van der Waals surface area contributed by atoms with E-state index in [1.807, 2.05) is 6.92 Å². The van der Waals surface area contributed by atoms with Gasteiger partial charge in [0.1, 0.15) is 11.1 Å². The van der Waals surface area contributed by atoms with Gasteiger partial charge in [-0.15, -0.1) is 0 Å². The maximum atomic E-state index is 12.8. The second-order valence-electron chi connectivity index (χ2n) is 7.73. The van der Waals surface area contributed by atoms with Crippen molar-refractivity contribution in [2.45, 2.75) is 51.9 Å². The number of aliphatic hydroxyl groups excluding tert-OH is 1. The summed E-state index contributed by atoms with van der Waals surface area (Å²) in [5.74, 6) is -0.397. The fourth-order valence-electron chi connectivity index (χ4n) is 3.07. The summed E-state index contributed by atoms with van der Waals surface area (Å²) >= 11 is 0. The minimum absolute atomic E-state index is 0.183. The van der Waals surface area contributed by atoms with Gasteiger partial charge < -0.3 is 19.9 Å². The van der Waals surface area contributed by atoms with Gasteiger partial charge in [0.25, 0.3) is 5.91 Å². The zero-order valence-electron chi connectivity index (χ0n) is 16.0. The predicted molar refractivity (Wildman–Crippen MR) is 98.8 cm³/mol. The SMILES string of the molecule is Cc1ccnc2c(C(=O)NC3CCOC[C@@H]3O)cn(C(=O)OC(C)(C)C)c12. The Morgan fingerprint density at radius 3 is 2.81 bits per heavy atom. The van der Waals surface area contributed by atoms with Crippen LogP contribution in [0.3, 0.4) is 0 Å². The maximum absolute atomic E-state index is 12.8. The van der Waals surface area contributed by atoms with Gasteiger partial charge in [0, 0.05) is 19.0 Å². The number of rotatable bonds is 2. The highest BCUT2D eigenvalue weighted by Crippen LogP contribution is 2.24. The van der Waals surface area contributed by atoms with E-state index in [0.29, 0.717) is 24.1 Å². The summed E-state index contributed by atoms with van der Waals surface area (Å²) in [5, 5.41) is 12.8. The Labute approximate surface area is 157 Å². The molecular formula is C19H25N3O5. The van der Waals surface area contributed by atoms with Gasteiger partial charge in [-0.3, -0.25) is 9.78 Å². The summed E-state index contributed by atoms with van der Waals surface area (Å²) in [7, 11) is 0. The number of fused-ring (bicyclic) bond motifs is 1. The van der Waals surface area contributed by atoms with Crippen LogP contribution in [0.4, 0.5) is 4.79 Å². The molecule has 1 unspecified atom stereocenters. The lowest BCUT2D eigenvalue weighted by atomic mass is 10.1. The molecule has 1 fully saturated rings. The number of nitrogens with zero attached hydrogens (tertiary/aromatic N) is 2. The Balaban J connectivity index is 1.97. The molecular weight excluding hydrogens is 350 g/mol. The lowest BCUT2D eigenvalue weighted by Crippen LogP contribution is -2.48. The van der Waals surface area contributed by atoms with Crippen LogP contribution in [0.5, 0.6) is 0 Å². The first-order valence-corrected chi connectivity index (χ1v) is 8.94. The molecule has 1 aliphatic rings. The molecule has 27 heavy (non-hydrogen) atoms. The first kappa shape index (κ1) is 19.3. The molecule has 2 aromatic heterocycles. The Morgan fingerprint density at radius 1 is 1.41 bits per heavy atom. The Hall–Kier alpha value is -2.45. The first-order chi connectivity index (χ1) is 12.7. The Morgan fingerprint density at radius 2 is 2.15 bits per heavy atom. The minimum atomic E-state index is -0.767. The van der Waals surface area contributed by atoms with E-state index < -0.39 is 29.7 Å². The van der Waals surface area contributed by atoms with Crippen molar-refractivity contribution < 1.29 is 24.2 Å². The van der Waals surface area contributed by atoms with Crippen LogP contribution in [-0.2, 0) is 9.47 Å². The van der Waals surface area contributed by atoms with Crippen LogP contribution in [0.15, 0.2) is 18.5 Å². The molecule has 3 rings (SSSR count). The highest BCUT2D eigenvalue weighted by molar-refractivity contribution is 6.08. The number of carbonyl (C=O) groups excluding carboxylic acids is 2. The summed E-state index contributed by atoms with van der Waals surface area (Å²) in [6.45, 7) is 7.83. The van der Waals surface area contributed by atoms with Crippen molar-refractivity contribution in [2.75, 3.05) is 13.2 Å². The summed E-state index contributed by atoms with van der Waals surface area (Å²) in [4.78, 5) is 29.8. The standard InChI is InChI=1S/C19H25N3O5/c1-11-5-7-20-15-12(17(24)21-13-6-8-26-10-14(13)23)9-22(16(11)15)18(25)27-19(2,3)4/h5,7,9,13-14,23H,6,8,10H2,1-4H3,(H,21,24)/t13?,14-/m0/s1. The zero-order valence-corrected chi connectivity index (χ0v) is 16.0. The van der Waals surface area contributed by atoms with E-state index in [0.717, 1.165) is 5.56 Å². The number of hydrogen-bond donors (Lipinski definition) is 2. The molecule has 0 aliphatic carbocycles. The lowest BCUT2D eigenvalue weighted by molar-refractivity contribution is -0.0260. The number of aliphatic hydroxyl groups is 1. The van der Waals surface area contributed by atoms with Gasteiger partial charge in [0.05, 0.1) is 29.8 Å². The number of amides is 1. The third kappa shape index (κ3) is 4.12. The third-order valence-electron chi connectivity index (χ3n) is 4.36. The number of pyridine rings is 1. The van der Waals surface area contributed by atoms with Crippen molar-refractivity contribution in [1.82, 2.24) is 14.9 Å². The minimum Gasteiger partial charge on any atom is -0.443 e. The van der Waals surface area contributed by atoms with Crippen LogP contribution in [0, 0.1) is 6.92 Å². The predicted octanol–water partition coefficient (Wildman–Crippen LogP) is 2.01. The molecule has 1 saturated heterocycles. The molecule has 8 nitrogen and oxygen atoms in total. The van der Waals surface area contributed by atoms with Crippen molar-refractivity contribution in [2.24, 2.45) is 0 Å². The highest BCUT2D eigenvalue weighted by Gasteiger charge is 2.29. The average molecular weight is 375 g/mol. The van der Waals surface area contributed by atoms with Crippen molar-refractivity contribution in [3.63, 3.8) is 0 Å². The van der Waals surface area contributed by atoms with Gasteiger partial charge in [0.2, 0.25) is 0 Å². The molecule has 3 heterocycles. The van der Waals surface area contributed by atoms with Gasteiger partial charge in [0.15, 0.2) is 0 Å². The summed E-state index contributed by atoms with van der Waals surface area (Å²) in [5.41, 5.74) is 1.34. The topological polar surface area (TPSA) is 103 Å². The lowest BCUT2D eigenvalue weighted by Gasteiger charge is -2.28. The fourth-order valence-corrected chi connectivity index (χ4v) is 3.07. The normalized spacial score (nSPS) is 20.5. The molecule has 0 spiro atoms. The molecule has 2 atom stereocenters. The van der Waals surface area contributed by atoms with Gasteiger partial charge in [-0.2, -0.15) is 0 Å². The number of ether oxygens (including phenoxy) is 2. The molecule has 1 amide bonds. The van der Waals surface area contributed by atoms with Crippen molar-refractivity contribution >= 4 is 23.0 Å². The molecule has 0 bridgehead atoms. The monoisotopic (exact) mass is 375 g/mol. The molecule has 1 aliphatic heterocycles. The molecule has 2 N–H and O–H groups in total. The Bertz CT molecular complexity index is 868. The fraction of sp³-hybridized carbons (Fsp3) is 0.526. The summed E-state index contributed by atoms with van der Waals surface area (Å²) < 4.78 is 12.0. The average Bonchev–Trinajstić information content (AvgIpc) is 2.97. The van der Waals surface area contributed by atoms with Crippen LogP contribution in [0.25, 0.3) is 11.0 Å². The van der Waals surface area contributed by atoms with Crippen molar-refractivity contribution in [3.05, 3.63) is 29.6 Å². The zero-order chi connectivity index (χ0) is 19.8. The molecule has 8 heteroatoms.